The van der Waals surface area contributed by atoms with E-state index in [0.29, 0.717) is 12.4 Å². The first kappa shape index (κ1) is 31.3. The molecule has 1 spiro atoms. The average molecular weight is 614 g/mol. The van der Waals surface area contributed by atoms with Gasteiger partial charge in [-0.1, -0.05) is 54.6 Å². The van der Waals surface area contributed by atoms with E-state index in [2.05, 4.69) is 50.0 Å². The van der Waals surface area contributed by atoms with Crippen LogP contribution in [0, 0.1) is 6.92 Å². The van der Waals surface area contributed by atoms with E-state index >= 15 is 0 Å². The molecule has 10 heteroatoms. The highest BCUT2D eigenvalue weighted by Gasteiger charge is 2.40. The Bertz CT molecular complexity index is 1410. The molecule has 3 saturated heterocycles. The highest BCUT2D eigenvalue weighted by Crippen LogP contribution is 2.35. The van der Waals surface area contributed by atoms with Gasteiger partial charge in [-0.15, -0.1) is 10.2 Å². The van der Waals surface area contributed by atoms with Crippen molar-refractivity contribution in [2.24, 2.45) is 0 Å². The second-order valence-electron chi connectivity index (χ2n) is 12.7. The summed E-state index contributed by atoms with van der Waals surface area (Å²) in [7, 11) is 0. The number of nitrogens with zero attached hydrogens (tertiary/aromatic N) is 6. The fraction of sp³-hybridized carbons (Fsp3) is 0.514. The van der Waals surface area contributed by atoms with Crippen molar-refractivity contribution >= 4 is 17.6 Å². The number of morpholine rings is 1. The number of amides is 1. The third-order valence-electron chi connectivity index (χ3n) is 9.60. The van der Waals surface area contributed by atoms with Crippen molar-refractivity contribution in [1.29, 1.82) is 0 Å². The molecule has 1 amide bonds. The number of aromatic nitrogens is 2. The number of nitrogens with two attached hydrogens (primary N) is 1. The van der Waals surface area contributed by atoms with Crippen LogP contribution in [0.15, 0.2) is 60.7 Å². The molecule has 0 radical (unpaired) electrons. The Hall–Kier alpha value is -3.73. The van der Waals surface area contributed by atoms with Crippen LogP contribution in [0.1, 0.15) is 36.8 Å². The summed E-state index contributed by atoms with van der Waals surface area (Å²) in [6.07, 6.45) is 4.07. The molecule has 0 bridgehead atoms. The van der Waals surface area contributed by atoms with Crippen molar-refractivity contribution in [3.8, 4) is 11.3 Å². The Balaban J connectivity index is 0.906. The molecule has 6 rings (SSSR count). The lowest BCUT2D eigenvalue weighted by Gasteiger charge is -2.48. The number of carbonyl (C=O) groups excluding carboxylic acids is 1. The van der Waals surface area contributed by atoms with E-state index in [4.69, 9.17) is 15.2 Å². The number of piperazine rings is 1. The van der Waals surface area contributed by atoms with Crippen LogP contribution < -0.4 is 10.6 Å². The summed E-state index contributed by atoms with van der Waals surface area (Å²) in [5.74, 6) is 0.485. The Kier molecular flexibility index (Phi) is 10.1. The third-order valence-corrected chi connectivity index (χ3v) is 9.60. The summed E-state index contributed by atoms with van der Waals surface area (Å²) >= 11 is 0. The van der Waals surface area contributed by atoms with Gasteiger partial charge in [0.05, 0.1) is 23.6 Å². The first-order chi connectivity index (χ1) is 22.0. The fourth-order valence-corrected chi connectivity index (χ4v) is 6.84. The van der Waals surface area contributed by atoms with Crippen LogP contribution in [-0.4, -0.2) is 109 Å². The van der Waals surface area contributed by atoms with Crippen molar-refractivity contribution < 1.29 is 14.3 Å². The molecule has 1 aromatic heterocycles. The quantitative estimate of drug-likeness (QED) is 0.351. The average Bonchev–Trinajstić information content (AvgIpc) is 3.07. The smallest absolute Gasteiger partial charge is 0.410 e. The van der Waals surface area contributed by atoms with Crippen molar-refractivity contribution in [3.63, 3.8) is 0 Å². The third kappa shape index (κ3) is 7.92. The Morgan fingerprint density at radius 1 is 0.889 bits per heavy atom. The van der Waals surface area contributed by atoms with Gasteiger partial charge in [0.15, 0.2) is 5.82 Å². The summed E-state index contributed by atoms with van der Waals surface area (Å²) in [6.45, 7) is 12.4. The SMILES string of the molecule is Cc1ccccc1-c1cc(N2CCC3(CC2)CN(CCCCN2CCN(C(=O)OCc4ccccc4)CC2)CCO3)c(N)nn1. The van der Waals surface area contributed by atoms with E-state index in [1.165, 1.54) is 12.0 Å². The number of hydrogen-bond acceptors (Lipinski definition) is 9. The normalized spacial score (nSPS) is 19.1. The van der Waals surface area contributed by atoms with Gasteiger partial charge in [-0.05, 0) is 62.9 Å². The minimum absolute atomic E-state index is 0.0890. The largest absolute Gasteiger partial charge is 0.445 e. The molecular formula is C35H47N7O3. The number of ether oxygens (including phenoxy) is 2. The lowest BCUT2D eigenvalue weighted by atomic mass is 9.89. The molecule has 2 N–H and O–H groups in total. The molecule has 4 heterocycles. The maximum absolute atomic E-state index is 12.5. The lowest BCUT2D eigenvalue weighted by Crippen LogP contribution is -2.57. The fourth-order valence-electron chi connectivity index (χ4n) is 6.84. The number of benzene rings is 2. The van der Waals surface area contributed by atoms with Crippen LogP contribution in [-0.2, 0) is 16.1 Å². The molecule has 3 fully saturated rings. The lowest BCUT2D eigenvalue weighted by molar-refractivity contribution is -0.121. The van der Waals surface area contributed by atoms with Crippen molar-refractivity contribution in [3.05, 3.63) is 71.8 Å². The summed E-state index contributed by atoms with van der Waals surface area (Å²) in [5.41, 5.74) is 11.3. The zero-order valence-corrected chi connectivity index (χ0v) is 26.6. The molecule has 3 aliphatic heterocycles. The summed E-state index contributed by atoms with van der Waals surface area (Å²) in [5, 5.41) is 8.71. The minimum atomic E-state index is -0.210. The van der Waals surface area contributed by atoms with Gasteiger partial charge in [-0.3, -0.25) is 9.80 Å². The second-order valence-corrected chi connectivity index (χ2v) is 12.7. The van der Waals surface area contributed by atoms with Gasteiger partial charge < -0.3 is 25.0 Å². The van der Waals surface area contributed by atoms with Gasteiger partial charge in [0.1, 0.15) is 6.61 Å². The van der Waals surface area contributed by atoms with E-state index in [1.807, 2.05) is 47.4 Å². The molecular weight excluding hydrogens is 566 g/mol. The molecule has 0 aliphatic carbocycles. The highest BCUT2D eigenvalue weighted by molar-refractivity contribution is 5.72. The van der Waals surface area contributed by atoms with Crippen molar-refractivity contribution in [2.75, 3.05) is 82.7 Å². The summed E-state index contributed by atoms with van der Waals surface area (Å²) in [4.78, 5) is 21.7. The van der Waals surface area contributed by atoms with Crippen molar-refractivity contribution in [1.82, 2.24) is 24.9 Å². The molecule has 10 nitrogen and oxygen atoms in total. The number of hydrogen-bond donors (Lipinski definition) is 1. The Morgan fingerprint density at radius 3 is 2.36 bits per heavy atom. The molecule has 3 aromatic rings. The standard InChI is InChI=1S/C35H47N7O3/c1-28-9-5-6-12-30(28)31-25-32(33(36)38-37-31)41-17-13-35(14-18-41)27-40(23-24-45-35)16-8-7-15-39-19-21-42(22-20-39)34(43)44-26-29-10-3-2-4-11-29/h2-6,9-12,25H,7-8,13-24,26-27H2,1H3,(H2,36,38). The van der Waals surface area contributed by atoms with E-state index in [1.54, 1.807) is 0 Å². The monoisotopic (exact) mass is 613 g/mol. The number of piperidine rings is 1. The number of carbonyl (C=O) groups is 1. The number of unbranched alkanes of at least 4 members (excludes halogenated alkanes) is 1. The topological polar surface area (TPSA) is 100 Å². The molecule has 240 valence electrons. The first-order valence-electron chi connectivity index (χ1n) is 16.5. The van der Waals surface area contributed by atoms with Crippen LogP contribution >= 0.6 is 0 Å². The molecule has 3 aliphatic rings. The van der Waals surface area contributed by atoms with Gasteiger partial charge in [-0.2, -0.15) is 0 Å². The maximum Gasteiger partial charge on any atom is 0.410 e. The predicted molar refractivity (Wildman–Crippen MR) is 177 cm³/mol. The molecule has 0 saturated carbocycles. The van der Waals surface area contributed by atoms with Gasteiger partial charge in [0.25, 0.3) is 0 Å². The van der Waals surface area contributed by atoms with Gasteiger partial charge in [0, 0.05) is 57.9 Å². The van der Waals surface area contributed by atoms with Crippen LogP contribution in [0.2, 0.25) is 0 Å². The van der Waals surface area contributed by atoms with Crippen molar-refractivity contribution in [2.45, 2.75) is 44.8 Å². The van der Waals surface area contributed by atoms with E-state index < -0.39 is 0 Å². The van der Waals surface area contributed by atoms with Gasteiger partial charge in [-0.25, -0.2) is 4.79 Å². The van der Waals surface area contributed by atoms with Crippen LogP contribution in [0.4, 0.5) is 16.3 Å². The number of rotatable bonds is 9. The van der Waals surface area contributed by atoms with E-state index in [9.17, 15) is 4.79 Å². The Morgan fingerprint density at radius 2 is 1.60 bits per heavy atom. The number of nitrogen functional groups attached to an aromatic ring is 1. The second kappa shape index (κ2) is 14.6. The first-order valence-corrected chi connectivity index (χ1v) is 16.5. The van der Waals surface area contributed by atoms with Gasteiger partial charge >= 0.3 is 6.09 Å². The molecule has 2 aromatic carbocycles. The number of aryl methyl sites for hydroxylation is 1. The molecule has 45 heavy (non-hydrogen) atoms. The van der Waals surface area contributed by atoms with Gasteiger partial charge in [0.2, 0.25) is 0 Å². The Labute approximate surface area is 267 Å². The number of anilines is 2. The summed E-state index contributed by atoms with van der Waals surface area (Å²) < 4.78 is 12.0. The highest BCUT2D eigenvalue weighted by atomic mass is 16.6. The zero-order valence-electron chi connectivity index (χ0n) is 26.6. The molecule has 0 unspecified atom stereocenters. The van der Waals surface area contributed by atoms with E-state index in [-0.39, 0.29) is 11.7 Å². The molecule has 0 atom stereocenters. The summed E-state index contributed by atoms with van der Waals surface area (Å²) in [6, 6.07) is 20.2. The minimum Gasteiger partial charge on any atom is -0.445 e. The van der Waals surface area contributed by atoms with Crippen LogP contribution in [0.3, 0.4) is 0 Å². The zero-order chi connectivity index (χ0) is 31.1. The maximum atomic E-state index is 12.5. The van der Waals surface area contributed by atoms with E-state index in [0.717, 1.165) is 114 Å². The van der Waals surface area contributed by atoms with Crippen LogP contribution in [0.5, 0.6) is 0 Å². The predicted octanol–water partition coefficient (Wildman–Crippen LogP) is 4.44. The van der Waals surface area contributed by atoms with Crippen LogP contribution in [0.25, 0.3) is 11.3 Å².